The topological polar surface area (TPSA) is 50.4 Å². The maximum Gasteiger partial charge on any atom is 0.238 e. The fourth-order valence-corrected chi connectivity index (χ4v) is 2.27. The lowest BCUT2D eigenvalue weighted by molar-refractivity contribution is -0.115. The third kappa shape index (κ3) is 3.96. The first kappa shape index (κ1) is 13.9. The van der Waals surface area contributed by atoms with Crippen LogP contribution >= 0.6 is 0 Å². The van der Waals surface area contributed by atoms with E-state index >= 15 is 0 Å². The molecule has 0 heterocycles. The summed E-state index contributed by atoms with van der Waals surface area (Å²) in [5.74, 6) is 1.47. The molecule has 1 saturated carbocycles. The number of rotatable bonds is 6. The van der Waals surface area contributed by atoms with Gasteiger partial charge in [-0.25, -0.2) is 0 Å². The molecule has 1 aliphatic carbocycles. The van der Waals surface area contributed by atoms with E-state index in [4.69, 9.17) is 4.74 Å². The van der Waals surface area contributed by atoms with Crippen LogP contribution in [0.3, 0.4) is 0 Å². The van der Waals surface area contributed by atoms with Gasteiger partial charge in [-0.05, 0) is 37.8 Å². The zero-order valence-electron chi connectivity index (χ0n) is 11.6. The van der Waals surface area contributed by atoms with Crippen molar-refractivity contribution in [3.63, 3.8) is 0 Å². The van der Waals surface area contributed by atoms with E-state index in [0.29, 0.717) is 12.6 Å². The SMILES string of the molecule is COc1cccc(NC(=O)CNC(C)C2CCC2)c1. The minimum atomic E-state index is -0.0144. The smallest absolute Gasteiger partial charge is 0.238 e. The molecule has 0 bridgehead atoms. The van der Waals surface area contributed by atoms with Gasteiger partial charge in [0.25, 0.3) is 0 Å². The molecule has 4 heteroatoms. The zero-order valence-corrected chi connectivity index (χ0v) is 11.6. The minimum Gasteiger partial charge on any atom is -0.497 e. The first-order valence-electron chi connectivity index (χ1n) is 6.86. The van der Waals surface area contributed by atoms with Gasteiger partial charge in [0.05, 0.1) is 13.7 Å². The molecule has 0 aliphatic heterocycles. The van der Waals surface area contributed by atoms with E-state index in [2.05, 4.69) is 17.6 Å². The first-order chi connectivity index (χ1) is 9.19. The second-order valence-electron chi connectivity index (χ2n) is 5.14. The predicted octanol–water partition coefficient (Wildman–Crippen LogP) is 2.41. The van der Waals surface area contributed by atoms with E-state index in [9.17, 15) is 4.79 Å². The highest BCUT2D eigenvalue weighted by molar-refractivity contribution is 5.92. The van der Waals surface area contributed by atoms with E-state index in [1.165, 1.54) is 19.3 Å². The van der Waals surface area contributed by atoms with Crippen molar-refractivity contribution < 1.29 is 9.53 Å². The highest BCUT2D eigenvalue weighted by Crippen LogP contribution is 2.29. The Bertz CT molecular complexity index is 430. The molecular formula is C15H22N2O2. The molecule has 0 aromatic heterocycles. The molecule has 2 N–H and O–H groups in total. The largest absolute Gasteiger partial charge is 0.497 e. The van der Waals surface area contributed by atoms with Crippen LogP contribution in [0.5, 0.6) is 5.75 Å². The van der Waals surface area contributed by atoms with E-state index in [1.807, 2.05) is 24.3 Å². The molecule has 1 fully saturated rings. The van der Waals surface area contributed by atoms with Crippen LogP contribution in [0.1, 0.15) is 26.2 Å². The standard InChI is InChI=1S/C15H22N2O2/c1-11(12-5-3-6-12)16-10-15(18)17-13-7-4-8-14(9-13)19-2/h4,7-9,11-12,16H,3,5-6,10H2,1-2H3,(H,17,18). The fraction of sp³-hybridized carbons (Fsp3) is 0.533. The third-order valence-corrected chi connectivity index (χ3v) is 3.80. The van der Waals surface area contributed by atoms with Crippen molar-refractivity contribution in [1.82, 2.24) is 5.32 Å². The van der Waals surface area contributed by atoms with Crippen molar-refractivity contribution >= 4 is 11.6 Å². The Kier molecular flexibility index (Phi) is 4.80. The number of ether oxygens (including phenoxy) is 1. The Morgan fingerprint density at radius 1 is 1.47 bits per heavy atom. The molecule has 1 amide bonds. The maximum absolute atomic E-state index is 11.8. The van der Waals surface area contributed by atoms with Gasteiger partial charge in [-0.1, -0.05) is 12.5 Å². The quantitative estimate of drug-likeness (QED) is 0.827. The van der Waals surface area contributed by atoms with Crippen LogP contribution in [0.15, 0.2) is 24.3 Å². The number of amides is 1. The van der Waals surface area contributed by atoms with E-state index in [0.717, 1.165) is 17.4 Å². The Morgan fingerprint density at radius 2 is 2.26 bits per heavy atom. The summed E-state index contributed by atoms with van der Waals surface area (Å²) in [5, 5.41) is 6.16. The van der Waals surface area contributed by atoms with Gasteiger partial charge in [-0.2, -0.15) is 0 Å². The molecular weight excluding hydrogens is 240 g/mol. The van der Waals surface area contributed by atoms with Gasteiger partial charge in [0.1, 0.15) is 5.75 Å². The number of anilines is 1. The monoisotopic (exact) mass is 262 g/mol. The minimum absolute atomic E-state index is 0.0144. The molecule has 1 aromatic carbocycles. The highest BCUT2D eigenvalue weighted by Gasteiger charge is 2.23. The highest BCUT2D eigenvalue weighted by atomic mass is 16.5. The average molecular weight is 262 g/mol. The van der Waals surface area contributed by atoms with E-state index in [1.54, 1.807) is 7.11 Å². The number of nitrogens with one attached hydrogen (secondary N) is 2. The van der Waals surface area contributed by atoms with E-state index < -0.39 is 0 Å². The molecule has 0 spiro atoms. The number of methoxy groups -OCH3 is 1. The van der Waals surface area contributed by atoms with Crippen LogP contribution in [0.4, 0.5) is 5.69 Å². The third-order valence-electron chi connectivity index (χ3n) is 3.80. The Balaban J connectivity index is 1.76. The molecule has 0 radical (unpaired) electrons. The van der Waals surface area contributed by atoms with Gasteiger partial charge < -0.3 is 15.4 Å². The second-order valence-corrected chi connectivity index (χ2v) is 5.14. The molecule has 1 unspecified atom stereocenters. The molecule has 1 aromatic rings. The average Bonchev–Trinajstić information content (AvgIpc) is 2.34. The van der Waals surface area contributed by atoms with Gasteiger partial charge in [-0.15, -0.1) is 0 Å². The summed E-state index contributed by atoms with van der Waals surface area (Å²) in [6.45, 7) is 2.51. The van der Waals surface area contributed by atoms with Crippen molar-refractivity contribution in [3.05, 3.63) is 24.3 Å². The van der Waals surface area contributed by atoms with Gasteiger partial charge in [0.15, 0.2) is 0 Å². The van der Waals surface area contributed by atoms with Gasteiger partial charge in [0.2, 0.25) is 5.91 Å². The molecule has 0 saturated heterocycles. The number of hydrogen-bond donors (Lipinski definition) is 2. The Hall–Kier alpha value is -1.55. The second kappa shape index (κ2) is 6.57. The van der Waals surface area contributed by atoms with Crippen molar-refractivity contribution in [2.45, 2.75) is 32.2 Å². The predicted molar refractivity (Wildman–Crippen MR) is 76.4 cm³/mol. The normalized spacial score (nSPS) is 16.5. The number of hydrogen-bond acceptors (Lipinski definition) is 3. The van der Waals surface area contributed by atoms with Crippen molar-refractivity contribution in [2.24, 2.45) is 5.92 Å². The summed E-state index contributed by atoms with van der Waals surface area (Å²) in [7, 11) is 1.61. The van der Waals surface area contributed by atoms with Gasteiger partial charge in [-0.3, -0.25) is 4.79 Å². The van der Waals surface area contributed by atoms with Crippen molar-refractivity contribution in [2.75, 3.05) is 19.0 Å². The Labute approximate surface area is 114 Å². The molecule has 1 atom stereocenters. The number of carbonyl (C=O) groups is 1. The van der Waals surface area contributed by atoms with Crippen LogP contribution in [0, 0.1) is 5.92 Å². The van der Waals surface area contributed by atoms with Gasteiger partial charge in [0, 0.05) is 17.8 Å². The van der Waals surface area contributed by atoms with E-state index in [-0.39, 0.29) is 5.91 Å². The van der Waals surface area contributed by atoms with Crippen LogP contribution in [0.25, 0.3) is 0 Å². The van der Waals surface area contributed by atoms with Gasteiger partial charge >= 0.3 is 0 Å². The van der Waals surface area contributed by atoms with Crippen molar-refractivity contribution in [1.29, 1.82) is 0 Å². The number of benzene rings is 1. The lowest BCUT2D eigenvalue weighted by Gasteiger charge is -2.31. The summed E-state index contributed by atoms with van der Waals surface area (Å²) in [4.78, 5) is 11.8. The Morgan fingerprint density at radius 3 is 2.89 bits per heavy atom. The zero-order chi connectivity index (χ0) is 13.7. The van der Waals surface area contributed by atoms with Crippen LogP contribution in [0.2, 0.25) is 0 Å². The number of carbonyl (C=O) groups excluding carboxylic acids is 1. The lowest BCUT2D eigenvalue weighted by Crippen LogP contribution is -2.41. The first-order valence-corrected chi connectivity index (χ1v) is 6.86. The van der Waals surface area contributed by atoms with Crippen LogP contribution < -0.4 is 15.4 Å². The van der Waals surface area contributed by atoms with Crippen molar-refractivity contribution in [3.8, 4) is 5.75 Å². The molecule has 104 valence electrons. The summed E-state index contributed by atoms with van der Waals surface area (Å²) in [5.41, 5.74) is 0.766. The molecule has 4 nitrogen and oxygen atoms in total. The summed E-state index contributed by atoms with van der Waals surface area (Å²) >= 11 is 0. The molecule has 1 aliphatic rings. The summed E-state index contributed by atoms with van der Waals surface area (Å²) in [6, 6.07) is 7.80. The summed E-state index contributed by atoms with van der Waals surface area (Å²) < 4.78 is 5.12. The molecule has 19 heavy (non-hydrogen) atoms. The maximum atomic E-state index is 11.8. The fourth-order valence-electron chi connectivity index (χ4n) is 2.27. The summed E-state index contributed by atoms with van der Waals surface area (Å²) in [6.07, 6.45) is 3.89. The molecule has 2 rings (SSSR count). The van der Waals surface area contributed by atoms with Crippen LogP contribution in [-0.4, -0.2) is 25.6 Å². The lowest BCUT2D eigenvalue weighted by atomic mass is 9.80. The van der Waals surface area contributed by atoms with Crippen LogP contribution in [-0.2, 0) is 4.79 Å².